The molecule has 2 aliphatic heterocycles. The minimum Gasteiger partial charge on any atom is -0.378 e. The van der Waals surface area contributed by atoms with Gasteiger partial charge in [-0.05, 0) is 37.3 Å². The van der Waals surface area contributed by atoms with Crippen LogP contribution in [-0.4, -0.2) is 55.0 Å². The van der Waals surface area contributed by atoms with Gasteiger partial charge in [-0.15, -0.1) is 0 Å². The summed E-state index contributed by atoms with van der Waals surface area (Å²) in [4.78, 5) is 14.5. The van der Waals surface area contributed by atoms with Gasteiger partial charge in [0.05, 0.1) is 24.8 Å². The van der Waals surface area contributed by atoms with E-state index in [1.165, 1.54) is 12.1 Å². The van der Waals surface area contributed by atoms with Gasteiger partial charge < -0.3 is 19.7 Å². The van der Waals surface area contributed by atoms with Gasteiger partial charge in [0.2, 0.25) is 0 Å². The van der Waals surface area contributed by atoms with Gasteiger partial charge >= 0.3 is 12.2 Å². The molecule has 0 aromatic heterocycles. The fourth-order valence-corrected chi connectivity index (χ4v) is 4.43. The van der Waals surface area contributed by atoms with E-state index in [4.69, 9.17) is 9.47 Å². The summed E-state index contributed by atoms with van der Waals surface area (Å²) in [6.45, 7) is 4.13. The maximum Gasteiger partial charge on any atom is 0.416 e. The van der Waals surface area contributed by atoms with E-state index < -0.39 is 17.3 Å². The fourth-order valence-electron chi connectivity index (χ4n) is 4.43. The summed E-state index contributed by atoms with van der Waals surface area (Å²) in [5, 5.41) is 3.03. The number of nitrogens with zero attached hydrogens (tertiary/aromatic N) is 1. The van der Waals surface area contributed by atoms with Crippen LogP contribution in [0.3, 0.4) is 0 Å². The third kappa shape index (κ3) is 3.98. The Bertz CT molecular complexity index is 728. The summed E-state index contributed by atoms with van der Waals surface area (Å²) in [6.07, 6.45) is -2.30. The van der Waals surface area contributed by atoms with E-state index in [1.54, 1.807) is 11.0 Å². The second kappa shape index (κ2) is 7.22. The zero-order valence-corrected chi connectivity index (χ0v) is 15.8. The van der Waals surface area contributed by atoms with Gasteiger partial charge in [0.1, 0.15) is 5.60 Å². The highest BCUT2D eigenvalue weighted by Gasteiger charge is 2.44. The van der Waals surface area contributed by atoms with Crippen molar-refractivity contribution in [3.63, 3.8) is 0 Å². The van der Waals surface area contributed by atoms with Crippen LogP contribution < -0.4 is 5.32 Å². The molecule has 2 unspecified atom stereocenters. The van der Waals surface area contributed by atoms with Crippen molar-refractivity contribution in [2.24, 2.45) is 0 Å². The number of amides is 2. The van der Waals surface area contributed by atoms with Crippen LogP contribution in [0.2, 0.25) is 0 Å². The summed E-state index contributed by atoms with van der Waals surface area (Å²) in [7, 11) is 0. The predicted octanol–water partition coefficient (Wildman–Crippen LogP) is 3.54. The standard InChI is InChI=1S/C20H25F3N2O3/c1-13-10-25(11-19(28-13)5-6-27-12-19)18(26)24-17-8-15(9-17)14-3-2-4-16(7-14)20(21,22)23/h2-4,7,13,15,17H,5-6,8-12H2,1H3,(H,24,26). The first-order valence-electron chi connectivity index (χ1n) is 9.72. The molecule has 28 heavy (non-hydrogen) atoms. The number of carbonyl (C=O) groups is 1. The monoisotopic (exact) mass is 398 g/mol. The topological polar surface area (TPSA) is 50.8 Å². The second-order valence-corrected chi connectivity index (χ2v) is 8.23. The molecule has 8 heteroatoms. The normalized spacial score (nSPS) is 33.0. The summed E-state index contributed by atoms with van der Waals surface area (Å²) in [5.74, 6) is 0.0470. The van der Waals surface area contributed by atoms with Gasteiger partial charge in [-0.1, -0.05) is 18.2 Å². The molecule has 3 aliphatic rings. The average molecular weight is 398 g/mol. The SMILES string of the molecule is CC1CN(C(=O)NC2CC(c3cccc(C(F)(F)F)c3)C2)CC2(CCOC2)O1. The van der Waals surface area contributed by atoms with Gasteiger partial charge in [0.15, 0.2) is 0 Å². The number of ether oxygens (including phenoxy) is 2. The zero-order chi connectivity index (χ0) is 19.9. The van der Waals surface area contributed by atoms with Gasteiger partial charge in [-0.3, -0.25) is 0 Å². The highest BCUT2D eigenvalue weighted by Crippen LogP contribution is 2.39. The van der Waals surface area contributed by atoms with E-state index in [2.05, 4.69) is 5.32 Å². The molecule has 1 aromatic rings. The first-order valence-corrected chi connectivity index (χ1v) is 9.72. The first-order chi connectivity index (χ1) is 13.2. The number of hydrogen-bond donors (Lipinski definition) is 1. The number of nitrogens with one attached hydrogen (secondary N) is 1. The van der Waals surface area contributed by atoms with Crippen LogP contribution in [0.5, 0.6) is 0 Å². The van der Waals surface area contributed by atoms with Crippen molar-refractivity contribution >= 4 is 6.03 Å². The van der Waals surface area contributed by atoms with E-state index in [1.807, 2.05) is 6.92 Å². The Kier molecular flexibility index (Phi) is 5.03. The predicted molar refractivity (Wildman–Crippen MR) is 96.0 cm³/mol. The maximum atomic E-state index is 12.9. The third-order valence-corrected chi connectivity index (χ3v) is 5.91. The highest BCUT2D eigenvalue weighted by atomic mass is 19.4. The molecule has 0 radical (unpaired) electrons. The first kappa shape index (κ1) is 19.5. The number of benzene rings is 1. The smallest absolute Gasteiger partial charge is 0.378 e. The molecule has 1 aliphatic carbocycles. The van der Waals surface area contributed by atoms with Crippen molar-refractivity contribution in [3.8, 4) is 0 Å². The lowest BCUT2D eigenvalue weighted by atomic mass is 9.75. The highest BCUT2D eigenvalue weighted by molar-refractivity contribution is 5.75. The average Bonchev–Trinajstić information content (AvgIpc) is 3.03. The number of alkyl halides is 3. The van der Waals surface area contributed by atoms with E-state index in [0.29, 0.717) is 44.7 Å². The van der Waals surface area contributed by atoms with Gasteiger partial charge in [-0.25, -0.2) is 4.79 Å². The molecular weight excluding hydrogens is 373 g/mol. The summed E-state index contributed by atoms with van der Waals surface area (Å²) < 4.78 is 50.1. The Labute approximate surface area is 162 Å². The van der Waals surface area contributed by atoms with Crippen molar-refractivity contribution in [2.45, 2.75) is 56.0 Å². The van der Waals surface area contributed by atoms with Crippen molar-refractivity contribution in [1.29, 1.82) is 0 Å². The molecule has 154 valence electrons. The van der Waals surface area contributed by atoms with Crippen LogP contribution in [0.1, 0.15) is 43.2 Å². The van der Waals surface area contributed by atoms with Crippen LogP contribution in [0.15, 0.2) is 24.3 Å². The molecule has 2 saturated heterocycles. The summed E-state index contributed by atoms with van der Waals surface area (Å²) in [5.41, 5.74) is -0.346. The number of hydrogen-bond acceptors (Lipinski definition) is 3. The summed E-state index contributed by atoms with van der Waals surface area (Å²) in [6, 6.07) is 5.34. The van der Waals surface area contributed by atoms with Crippen molar-refractivity contribution < 1.29 is 27.4 Å². The van der Waals surface area contributed by atoms with Crippen LogP contribution in [0.25, 0.3) is 0 Å². The molecule has 2 atom stereocenters. The third-order valence-electron chi connectivity index (χ3n) is 5.91. The van der Waals surface area contributed by atoms with Crippen LogP contribution in [-0.2, 0) is 15.7 Å². The van der Waals surface area contributed by atoms with Crippen molar-refractivity contribution in [2.75, 3.05) is 26.3 Å². The van der Waals surface area contributed by atoms with Crippen LogP contribution >= 0.6 is 0 Å². The molecule has 4 rings (SSSR count). The maximum absolute atomic E-state index is 12.9. The zero-order valence-electron chi connectivity index (χ0n) is 15.8. The minimum absolute atomic E-state index is 0.0130. The van der Waals surface area contributed by atoms with E-state index >= 15 is 0 Å². The van der Waals surface area contributed by atoms with Crippen molar-refractivity contribution in [1.82, 2.24) is 10.2 Å². The molecule has 5 nitrogen and oxygen atoms in total. The number of morpholine rings is 1. The minimum atomic E-state index is -4.33. The van der Waals surface area contributed by atoms with Gasteiger partial charge in [0, 0.05) is 25.6 Å². The molecule has 1 saturated carbocycles. The van der Waals surface area contributed by atoms with E-state index in [0.717, 1.165) is 12.5 Å². The van der Waals surface area contributed by atoms with Crippen molar-refractivity contribution in [3.05, 3.63) is 35.4 Å². The molecular formula is C20H25F3N2O3. The molecule has 2 amide bonds. The quantitative estimate of drug-likeness (QED) is 0.829. The lowest BCUT2D eigenvalue weighted by Gasteiger charge is -2.44. The number of carbonyl (C=O) groups excluding carboxylic acids is 1. The Morgan fingerprint density at radius 1 is 1.32 bits per heavy atom. The molecule has 1 aromatic carbocycles. The van der Waals surface area contributed by atoms with E-state index in [-0.39, 0.29) is 24.1 Å². The lowest BCUT2D eigenvalue weighted by molar-refractivity contribution is -0.137. The molecule has 0 bridgehead atoms. The van der Waals surface area contributed by atoms with Gasteiger partial charge in [-0.2, -0.15) is 13.2 Å². The fraction of sp³-hybridized carbons (Fsp3) is 0.650. The Morgan fingerprint density at radius 2 is 2.11 bits per heavy atom. The molecule has 3 fully saturated rings. The summed E-state index contributed by atoms with van der Waals surface area (Å²) >= 11 is 0. The number of rotatable bonds is 2. The van der Waals surface area contributed by atoms with E-state index in [9.17, 15) is 18.0 Å². The number of urea groups is 1. The Hall–Kier alpha value is -1.80. The molecule has 1 spiro atoms. The Morgan fingerprint density at radius 3 is 2.79 bits per heavy atom. The largest absolute Gasteiger partial charge is 0.416 e. The second-order valence-electron chi connectivity index (χ2n) is 8.23. The Balaban J connectivity index is 1.31. The molecule has 2 heterocycles. The van der Waals surface area contributed by atoms with Gasteiger partial charge in [0.25, 0.3) is 0 Å². The molecule has 1 N–H and O–H groups in total. The number of halogens is 3. The lowest BCUT2D eigenvalue weighted by Crippen LogP contribution is -2.60. The van der Waals surface area contributed by atoms with Crippen LogP contribution in [0, 0.1) is 0 Å². The van der Waals surface area contributed by atoms with Crippen LogP contribution in [0.4, 0.5) is 18.0 Å².